The first-order chi connectivity index (χ1) is 6.11. The Morgan fingerprint density at radius 3 is 2.38 bits per heavy atom. The van der Waals surface area contributed by atoms with Gasteiger partial charge in [-0.2, -0.15) is 0 Å². The maximum absolute atomic E-state index is 11.5. The molecule has 1 saturated carbocycles. The quantitative estimate of drug-likeness (QED) is 0.697. The van der Waals surface area contributed by atoms with Crippen LogP contribution in [0.1, 0.15) is 32.6 Å². The van der Waals surface area contributed by atoms with Gasteiger partial charge in [-0.3, -0.25) is 4.79 Å². The lowest BCUT2D eigenvalue weighted by molar-refractivity contribution is -0.127. The van der Waals surface area contributed by atoms with Gasteiger partial charge in [0.2, 0.25) is 5.91 Å². The van der Waals surface area contributed by atoms with Crippen LogP contribution in [0, 0.1) is 0 Å². The molecular formula is C10H19NOS. The summed E-state index contributed by atoms with van der Waals surface area (Å²) in [7, 11) is 3.65. The molecule has 2 nitrogen and oxygen atoms in total. The van der Waals surface area contributed by atoms with E-state index in [9.17, 15) is 4.79 Å². The number of nitrogens with zero attached hydrogens (tertiary/aromatic N) is 1. The molecule has 0 saturated heterocycles. The Balaban J connectivity index is 2.31. The highest BCUT2D eigenvalue weighted by atomic mass is 32.2. The Bertz CT molecular complexity index is 176. The van der Waals surface area contributed by atoms with Crippen LogP contribution in [-0.2, 0) is 4.79 Å². The zero-order valence-corrected chi connectivity index (χ0v) is 9.56. The summed E-state index contributed by atoms with van der Waals surface area (Å²) in [6, 6.07) is 0. The number of carbonyl (C=O) groups excluding carboxylic acids is 1. The molecule has 0 heterocycles. The molecular weight excluding hydrogens is 182 g/mol. The minimum Gasteiger partial charge on any atom is -0.348 e. The van der Waals surface area contributed by atoms with Gasteiger partial charge in [0, 0.05) is 19.3 Å². The van der Waals surface area contributed by atoms with Crippen molar-refractivity contribution in [3.63, 3.8) is 0 Å². The molecule has 1 aliphatic carbocycles. The fraction of sp³-hybridized carbons (Fsp3) is 0.900. The van der Waals surface area contributed by atoms with E-state index in [0.29, 0.717) is 0 Å². The molecule has 0 aromatic carbocycles. The van der Waals surface area contributed by atoms with Crippen LogP contribution in [0.5, 0.6) is 0 Å². The van der Waals surface area contributed by atoms with Gasteiger partial charge in [0.25, 0.3) is 0 Å². The smallest absolute Gasteiger partial charge is 0.234 e. The van der Waals surface area contributed by atoms with E-state index in [0.717, 1.165) is 5.25 Å². The van der Waals surface area contributed by atoms with Crippen molar-refractivity contribution in [2.45, 2.75) is 43.1 Å². The molecule has 0 bridgehead atoms. The highest BCUT2D eigenvalue weighted by molar-refractivity contribution is 8.01. The molecule has 13 heavy (non-hydrogen) atoms. The third kappa shape index (κ3) is 3.22. The standard InChI is InChI=1S/C10H19NOS/c1-8(10(12)11(2)3)13-9-6-4-5-7-9/h8-9H,4-7H2,1-3H3. The van der Waals surface area contributed by atoms with E-state index in [4.69, 9.17) is 0 Å². The van der Waals surface area contributed by atoms with Gasteiger partial charge >= 0.3 is 0 Å². The molecule has 1 amide bonds. The summed E-state index contributed by atoms with van der Waals surface area (Å²) in [5.74, 6) is 0.247. The lowest BCUT2D eigenvalue weighted by atomic mass is 10.4. The van der Waals surface area contributed by atoms with Gasteiger partial charge < -0.3 is 4.90 Å². The summed E-state index contributed by atoms with van der Waals surface area (Å²) in [5, 5.41) is 0.872. The average molecular weight is 201 g/mol. The zero-order valence-electron chi connectivity index (χ0n) is 8.75. The zero-order chi connectivity index (χ0) is 9.84. The summed E-state index contributed by atoms with van der Waals surface area (Å²) < 4.78 is 0. The minimum absolute atomic E-state index is 0.137. The van der Waals surface area contributed by atoms with Crippen LogP contribution < -0.4 is 0 Å². The van der Waals surface area contributed by atoms with E-state index in [1.165, 1.54) is 25.7 Å². The molecule has 0 radical (unpaired) electrons. The van der Waals surface area contributed by atoms with E-state index in [2.05, 4.69) is 0 Å². The Kier molecular flexibility index (Phi) is 4.10. The van der Waals surface area contributed by atoms with Gasteiger partial charge in [-0.25, -0.2) is 0 Å². The van der Waals surface area contributed by atoms with Crippen molar-refractivity contribution in [1.82, 2.24) is 4.90 Å². The second-order valence-electron chi connectivity index (χ2n) is 3.92. The van der Waals surface area contributed by atoms with Gasteiger partial charge in [0.1, 0.15) is 0 Å². The highest BCUT2D eigenvalue weighted by Crippen LogP contribution is 2.32. The molecule has 0 aliphatic heterocycles. The monoisotopic (exact) mass is 201 g/mol. The fourth-order valence-corrected chi connectivity index (χ4v) is 3.25. The fourth-order valence-electron chi connectivity index (χ4n) is 1.73. The maximum atomic E-state index is 11.5. The second kappa shape index (κ2) is 4.89. The number of rotatable bonds is 3. The lowest BCUT2D eigenvalue weighted by Crippen LogP contribution is -2.30. The SMILES string of the molecule is CC(SC1CCCC1)C(=O)N(C)C. The largest absolute Gasteiger partial charge is 0.348 e. The molecule has 0 aromatic rings. The predicted molar refractivity (Wildman–Crippen MR) is 58.0 cm³/mol. The number of carbonyl (C=O) groups is 1. The highest BCUT2D eigenvalue weighted by Gasteiger charge is 2.22. The van der Waals surface area contributed by atoms with E-state index < -0.39 is 0 Å². The van der Waals surface area contributed by atoms with E-state index in [-0.39, 0.29) is 11.2 Å². The first-order valence-electron chi connectivity index (χ1n) is 4.98. The van der Waals surface area contributed by atoms with Gasteiger partial charge in [0.05, 0.1) is 5.25 Å². The van der Waals surface area contributed by atoms with Crippen molar-refractivity contribution in [1.29, 1.82) is 0 Å². The summed E-state index contributed by atoms with van der Waals surface area (Å²) >= 11 is 1.85. The van der Waals surface area contributed by atoms with Crippen LogP contribution in [0.2, 0.25) is 0 Å². The van der Waals surface area contributed by atoms with E-state index in [1.54, 1.807) is 4.90 Å². The average Bonchev–Trinajstić information content (AvgIpc) is 2.55. The Morgan fingerprint density at radius 1 is 1.38 bits per heavy atom. The van der Waals surface area contributed by atoms with Crippen LogP contribution >= 0.6 is 11.8 Å². The maximum Gasteiger partial charge on any atom is 0.234 e. The molecule has 0 aromatic heterocycles. The van der Waals surface area contributed by atoms with E-state index >= 15 is 0 Å². The number of hydrogen-bond acceptors (Lipinski definition) is 2. The van der Waals surface area contributed by atoms with Crippen molar-refractivity contribution in [3.05, 3.63) is 0 Å². The molecule has 3 heteroatoms. The summed E-state index contributed by atoms with van der Waals surface area (Å²) in [4.78, 5) is 13.2. The van der Waals surface area contributed by atoms with Crippen LogP contribution in [0.4, 0.5) is 0 Å². The van der Waals surface area contributed by atoms with Crippen molar-refractivity contribution in [2.75, 3.05) is 14.1 Å². The molecule has 76 valence electrons. The van der Waals surface area contributed by atoms with Gasteiger partial charge in [-0.1, -0.05) is 12.8 Å². The molecule has 0 N–H and O–H groups in total. The van der Waals surface area contributed by atoms with Crippen LogP contribution in [0.25, 0.3) is 0 Å². The molecule has 1 aliphatic rings. The minimum atomic E-state index is 0.137. The molecule has 1 atom stereocenters. The van der Waals surface area contributed by atoms with Crippen molar-refractivity contribution < 1.29 is 4.79 Å². The third-order valence-corrected chi connectivity index (χ3v) is 3.95. The summed E-state index contributed by atoms with van der Waals surface area (Å²) in [6.45, 7) is 2.02. The second-order valence-corrected chi connectivity index (χ2v) is 5.56. The summed E-state index contributed by atoms with van der Waals surface area (Å²) in [6.07, 6.45) is 5.30. The number of thioether (sulfide) groups is 1. The van der Waals surface area contributed by atoms with Gasteiger partial charge in [0.15, 0.2) is 0 Å². The van der Waals surface area contributed by atoms with Crippen molar-refractivity contribution >= 4 is 17.7 Å². The van der Waals surface area contributed by atoms with Crippen molar-refractivity contribution in [2.24, 2.45) is 0 Å². The normalized spacial score (nSPS) is 20.2. The molecule has 0 spiro atoms. The predicted octanol–water partition coefficient (Wildman–Crippen LogP) is 2.14. The Labute approximate surface area is 85.1 Å². The first-order valence-corrected chi connectivity index (χ1v) is 5.92. The van der Waals surface area contributed by atoms with Gasteiger partial charge in [-0.15, -0.1) is 11.8 Å². The molecule has 1 unspecified atom stereocenters. The van der Waals surface area contributed by atoms with Gasteiger partial charge in [-0.05, 0) is 19.8 Å². The van der Waals surface area contributed by atoms with Crippen LogP contribution in [0.15, 0.2) is 0 Å². The Hall–Kier alpha value is -0.180. The van der Waals surface area contributed by atoms with Crippen molar-refractivity contribution in [3.8, 4) is 0 Å². The summed E-state index contributed by atoms with van der Waals surface area (Å²) in [5.41, 5.74) is 0. The number of hydrogen-bond donors (Lipinski definition) is 0. The molecule has 1 rings (SSSR count). The van der Waals surface area contributed by atoms with E-state index in [1.807, 2.05) is 32.8 Å². The van der Waals surface area contributed by atoms with Crippen LogP contribution in [-0.4, -0.2) is 35.4 Å². The third-order valence-electron chi connectivity index (χ3n) is 2.49. The first kappa shape index (κ1) is 10.9. The topological polar surface area (TPSA) is 20.3 Å². The lowest BCUT2D eigenvalue weighted by Gasteiger charge is -2.19. The number of amides is 1. The Morgan fingerprint density at radius 2 is 1.92 bits per heavy atom. The molecule has 1 fully saturated rings. The van der Waals surface area contributed by atoms with Crippen LogP contribution in [0.3, 0.4) is 0 Å².